The molecule has 0 fully saturated rings. The molecule has 0 radical (unpaired) electrons. The molecule has 0 aromatic carbocycles. The number of sulfonamides is 1. The summed E-state index contributed by atoms with van der Waals surface area (Å²) in [6, 6.07) is 0.238. The van der Waals surface area contributed by atoms with Crippen LogP contribution in [0.5, 0.6) is 0 Å². The quantitative estimate of drug-likeness (QED) is 0.603. The second kappa shape index (κ2) is 5.71. The predicted octanol–water partition coefficient (Wildman–Crippen LogP) is -1.17. The summed E-state index contributed by atoms with van der Waals surface area (Å²) in [4.78, 5) is 24.7. The number of nitrogens with zero attached hydrogens (tertiary/aromatic N) is 1. The highest BCUT2D eigenvalue weighted by Gasteiger charge is 2.29. The van der Waals surface area contributed by atoms with E-state index in [0.29, 0.717) is 0 Å². The third-order valence-electron chi connectivity index (χ3n) is 1.98. The summed E-state index contributed by atoms with van der Waals surface area (Å²) in [6.07, 6.45) is 0.268. The van der Waals surface area contributed by atoms with E-state index in [1.807, 2.05) is 0 Å². The Balaban J connectivity index is 3.04. The molecule has 1 rings (SSSR count). The van der Waals surface area contributed by atoms with Gasteiger partial charge in [0, 0.05) is 6.20 Å². The third-order valence-corrected chi connectivity index (χ3v) is 3.38. The summed E-state index contributed by atoms with van der Waals surface area (Å²) in [6.45, 7) is 0. The van der Waals surface area contributed by atoms with Crippen LogP contribution in [-0.4, -0.2) is 36.4 Å². The number of aromatic nitrogens is 1. The van der Waals surface area contributed by atoms with Gasteiger partial charge in [0.25, 0.3) is 10.0 Å². The first-order chi connectivity index (χ1) is 8.74. The molecule has 0 aliphatic rings. The van der Waals surface area contributed by atoms with Gasteiger partial charge in [0.1, 0.15) is 6.04 Å². The fourth-order valence-corrected chi connectivity index (χ4v) is 2.39. The number of nitrogens with one attached hydrogen (secondary N) is 1. The molecular weight excluding hydrogens is 281 g/mol. The second-order valence-electron chi connectivity index (χ2n) is 3.47. The number of nitrogens with two attached hydrogens (primary N) is 1. The number of amides is 1. The van der Waals surface area contributed by atoms with Crippen molar-refractivity contribution in [3.8, 4) is 0 Å². The van der Waals surface area contributed by atoms with Gasteiger partial charge in [-0.15, -0.1) is 0 Å². The van der Waals surface area contributed by atoms with Crippen molar-refractivity contribution in [2.75, 3.05) is 0 Å². The van der Waals surface area contributed by atoms with Crippen molar-refractivity contribution in [2.24, 2.45) is 5.73 Å². The van der Waals surface area contributed by atoms with Crippen LogP contribution in [0.3, 0.4) is 0 Å². The maximum Gasteiger partial charge on any atom is 0.322 e. The maximum atomic E-state index is 13.3. The summed E-state index contributed by atoms with van der Waals surface area (Å²) in [7, 11) is -4.51. The largest absolute Gasteiger partial charge is 0.480 e. The number of aliphatic carboxylic acids is 1. The van der Waals surface area contributed by atoms with E-state index in [-0.39, 0.29) is 0 Å². The Bertz CT molecular complexity index is 604. The van der Waals surface area contributed by atoms with Crippen molar-refractivity contribution >= 4 is 21.9 Å². The molecule has 8 nitrogen and oxygen atoms in total. The molecule has 0 bridgehead atoms. The van der Waals surface area contributed by atoms with Crippen molar-refractivity contribution in [1.82, 2.24) is 9.71 Å². The molecule has 1 heterocycles. The van der Waals surface area contributed by atoms with Crippen LogP contribution in [0, 0.1) is 5.82 Å². The first-order valence-electron chi connectivity index (χ1n) is 4.88. The van der Waals surface area contributed by atoms with E-state index in [2.05, 4.69) is 4.98 Å². The smallest absolute Gasteiger partial charge is 0.322 e. The molecular formula is C9H10FN3O5S. The Hall–Kier alpha value is -2.07. The van der Waals surface area contributed by atoms with Crippen LogP contribution in [0.25, 0.3) is 0 Å². The lowest BCUT2D eigenvalue weighted by molar-refractivity contribution is -0.140. The highest BCUT2D eigenvalue weighted by atomic mass is 32.2. The van der Waals surface area contributed by atoms with Crippen molar-refractivity contribution in [1.29, 1.82) is 0 Å². The number of pyridine rings is 1. The average Bonchev–Trinajstić information content (AvgIpc) is 2.27. The van der Waals surface area contributed by atoms with Gasteiger partial charge in [-0.05, 0) is 12.1 Å². The van der Waals surface area contributed by atoms with E-state index < -0.39 is 45.2 Å². The molecule has 0 aliphatic carbocycles. The summed E-state index contributed by atoms with van der Waals surface area (Å²) in [5.74, 6) is -3.77. The number of carbonyl (C=O) groups is 2. The normalized spacial score (nSPS) is 12.9. The standard InChI is InChI=1S/C9H10FN3O5S/c10-5-2-1-3-12-8(5)19(17,18)13-6(9(15)16)4-7(11)14/h1-3,6,13H,4H2,(H2,11,14)(H,15,16)/t6-/m0/s1. The van der Waals surface area contributed by atoms with Crippen molar-refractivity contribution in [3.05, 3.63) is 24.1 Å². The zero-order valence-electron chi connectivity index (χ0n) is 9.41. The molecule has 0 aliphatic heterocycles. The molecule has 1 atom stereocenters. The molecule has 19 heavy (non-hydrogen) atoms. The zero-order chi connectivity index (χ0) is 14.6. The lowest BCUT2D eigenvalue weighted by Crippen LogP contribution is -2.43. The molecule has 10 heteroatoms. The lowest BCUT2D eigenvalue weighted by atomic mass is 10.2. The van der Waals surface area contributed by atoms with Gasteiger partial charge in [-0.1, -0.05) is 0 Å². The second-order valence-corrected chi connectivity index (χ2v) is 5.10. The number of hydrogen-bond donors (Lipinski definition) is 3. The highest BCUT2D eigenvalue weighted by Crippen LogP contribution is 2.11. The molecule has 104 valence electrons. The Morgan fingerprint density at radius 2 is 2.16 bits per heavy atom. The molecule has 0 saturated carbocycles. The molecule has 0 unspecified atom stereocenters. The summed E-state index contributed by atoms with van der Waals surface area (Å²) in [5, 5.41) is 7.80. The number of carboxylic acid groups (broad SMARTS) is 1. The van der Waals surface area contributed by atoms with Crippen LogP contribution in [0.4, 0.5) is 4.39 Å². The first-order valence-corrected chi connectivity index (χ1v) is 6.36. The van der Waals surface area contributed by atoms with Crippen LogP contribution >= 0.6 is 0 Å². The fourth-order valence-electron chi connectivity index (χ4n) is 1.19. The van der Waals surface area contributed by atoms with Crippen LogP contribution in [0.1, 0.15) is 6.42 Å². The Kier molecular flexibility index (Phi) is 4.51. The minimum absolute atomic E-state index is 0.761. The highest BCUT2D eigenvalue weighted by molar-refractivity contribution is 7.89. The molecule has 1 aromatic heterocycles. The van der Waals surface area contributed by atoms with Gasteiger partial charge >= 0.3 is 5.97 Å². The number of halogens is 1. The Morgan fingerprint density at radius 1 is 1.53 bits per heavy atom. The number of hydrogen-bond acceptors (Lipinski definition) is 5. The van der Waals surface area contributed by atoms with E-state index in [0.717, 1.165) is 12.3 Å². The SMILES string of the molecule is NC(=O)C[C@H](NS(=O)(=O)c1ncccc1F)C(=O)O. The van der Waals surface area contributed by atoms with E-state index in [9.17, 15) is 22.4 Å². The van der Waals surface area contributed by atoms with E-state index in [4.69, 9.17) is 10.8 Å². The topological polar surface area (TPSA) is 139 Å². The fraction of sp³-hybridized carbons (Fsp3) is 0.222. The summed E-state index contributed by atoms with van der Waals surface area (Å²) < 4.78 is 38.4. The minimum Gasteiger partial charge on any atom is -0.480 e. The molecule has 0 saturated heterocycles. The van der Waals surface area contributed by atoms with E-state index in [1.165, 1.54) is 6.07 Å². The summed E-state index contributed by atoms with van der Waals surface area (Å²) >= 11 is 0. The van der Waals surface area contributed by atoms with Crippen molar-refractivity contribution in [3.63, 3.8) is 0 Å². The molecule has 0 spiro atoms. The molecule has 1 amide bonds. The van der Waals surface area contributed by atoms with Crippen LogP contribution in [0.15, 0.2) is 23.4 Å². The molecule has 4 N–H and O–H groups in total. The average molecular weight is 291 g/mol. The van der Waals surface area contributed by atoms with Gasteiger partial charge < -0.3 is 10.8 Å². The monoisotopic (exact) mass is 291 g/mol. The maximum absolute atomic E-state index is 13.3. The summed E-state index contributed by atoms with van der Waals surface area (Å²) in [5.41, 5.74) is 4.79. The van der Waals surface area contributed by atoms with Gasteiger partial charge in [0.2, 0.25) is 10.9 Å². The number of primary amides is 1. The molecule has 1 aromatic rings. The Labute approximate surface area is 107 Å². The van der Waals surface area contributed by atoms with Crippen LogP contribution in [0.2, 0.25) is 0 Å². The predicted molar refractivity (Wildman–Crippen MR) is 59.8 cm³/mol. The third kappa shape index (κ3) is 3.96. The Morgan fingerprint density at radius 3 is 2.63 bits per heavy atom. The van der Waals surface area contributed by atoms with Crippen LogP contribution < -0.4 is 10.5 Å². The number of carbonyl (C=O) groups excluding carboxylic acids is 1. The van der Waals surface area contributed by atoms with Crippen molar-refractivity contribution in [2.45, 2.75) is 17.5 Å². The minimum atomic E-state index is -4.51. The van der Waals surface area contributed by atoms with Gasteiger partial charge in [-0.25, -0.2) is 17.8 Å². The van der Waals surface area contributed by atoms with E-state index in [1.54, 1.807) is 4.72 Å². The van der Waals surface area contributed by atoms with Gasteiger partial charge in [-0.2, -0.15) is 4.72 Å². The van der Waals surface area contributed by atoms with Crippen molar-refractivity contribution < 1.29 is 27.5 Å². The lowest BCUT2D eigenvalue weighted by Gasteiger charge is -2.12. The zero-order valence-corrected chi connectivity index (χ0v) is 10.2. The van der Waals surface area contributed by atoms with Gasteiger partial charge in [0.05, 0.1) is 6.42 Å². The van der Waals surface area contributed by atoms with E-state index >= 15 is 0 Å². The number of carboxylic acids is 1. The first kappa shape index (κ1) is 15.0. The van der Waals surface area contributed by atoms with Gasteiger partial charge in [0.15, 0.2) is 5.82 Å². The number of rotatable bonds is 6. The van der Waals surface area contributed by atoms with Gasteiger partial charge in [-0.3, -0.25) is 9.59 Å². The van der Waals surface area contributed by atoms with Crippen LogP contribution in [-0.2, 0) is 19.6 Å².